The highest BCUT2D eigenvalue weighted by Crippen LogP contribution is 1.65. The Kier molecular flexibility index (Phi) is 24.4. The zero-order valence-corrected chi connectivity index (χ0v) is 4.43. The molecule has 0 radical (unpaired) electrons. The predicted octanol–water partition coefficient (Wildman–Crippen LogP) is 0.163. The molecule has 0 aliphatic rings. The van der Waals surface area contributed by atoms with E-state index < -0.39 is 0 Å². The van der Waals surface area contributed by atoms with E-state index in [2.05, 4.69) is 13.2 Å². The van der Waals surface area contributed by atoms with E-state index in [0.29, 0.717) is 6.42 Å². The molecule has 0 heterocycles. The van der Waals surface area contributed by atoms with Crippen LogP contribution in [0.3, 0.4) is 0 Å². The molecule has 0 aromatic carbocycles. The molecule has 0 saturated heterocycles. The first-order valence-electron chi connectivity index (χ1n) is 2.13. The molecule has 0 spiro atoms. The fourth-order valence-corrected chi connectivity index (χ4v) is 0.0707. The SMILES string of the molecule is C=C.OCCCO. The summed E-state index contributed by atoms with van der Waals surface area (Å²) in [5.74, 6) is 0. The van der Waals surface area contributed by atoms with E-state index in [0.717, 1.165) is 0 Å². The Morgan fingerprint density at radius 3 is 1.29 bits per heavy atom. The average molecular weight is 104 g/mol. The second-order valence-electron chi connectivity index (χ2n) is 0.801. The van der Waals surface area contributed by atoms with Crippen molar-refractivity contribution in [3.8, 4) is 0 Å². The molecular weight excluding hydrogens is 92.1 g/mol. The smallest absolute Gasteiger partial charge is 0.0452 e. The lowest BCUT2D eigenvalue weighted by molar-refractivity contribution is 0.221. The lowest BCUT2D eigenvalue weighted by Crippen LogP contribution is -1.85. The molecule has 2 nitrogen and oxygen atoms in total. The van der Waals surface area contributed by atoms with Gasteiger partial charge >= 0.3 is 0 Å². The molecule has 44 valence electrons. The lowest BCUT2D eigenvalue weighted by Gasteiger charge is -1.79. The minimum Gasteiger partial charge on any atom is -0.396 e. The van der Waals surface area contributed by atoms with Crippen LogP contribution in [-0.4, -0.2) is 23.4 Å². The van der Waals surface area contributed by atoms with Crippen LogP contribution in [0.5, 0.6) is 0 Å². The van der Waals surface area contributed by atoms with Crippen LogP contribution in [0.25, 0.3) is 0 Å². The molecule has 0 amide bonds. The summed E-state index contributed by atoms with van der Waals surface area (Å²) in [5.41, 5.74) is 0. The van der Waals surface area contributed by atoms with E-state index in [-0.39, 0.29) is 13.2 Å². The van der Waals surface area contributed by atoms with Gasteiger partial charge in [-0.1, -0.05) is 0 Å². The molecule has 0 saturated carbocycles. The van der Waals surface area contributed by atoms with Crippen molar-refractivity contribution in [2.24, 2.45) is 0 Å². The molecule has 7 heavy (non-hydrogen) atoms. The van der Waals surface area contributed by atoms with Gasteiger partial charge in [0.2, 0.25) is 0 Å². The van der Waals surface area contributed by atoms with Crippen molar-refractivity contribution >= 4 is 0 Å². The molecule has 2 heteroatoms. The van der Waals surface area contributed by atoms with Crippen LogP contribution in [-0.2, 0) is 0 Å². The standard InChI is InChI=1S/C3H8O2.C2H4/c4-2-1-3-5;1-2/h4-5H,1-3H2;1-2H2. The Balaban J connectivity index is 0. The minimum absolute atomic E-state index is 0.0938. The maximum absolute atomic E-state index is 7.91. The molecule has 0 atom stereocenters. The zero-order chi connectivity index (χ0) is 6.12. The maximum atomic E-state index is 7.91. The van der Waals surface area contributed by atoms with Crippen LogP contribution in [0.15, 0.2) is 13.2 Å². The van der Waals surface area contributed by atoms with Crippen molar-refractivity contribution in [3.63, 3.8) is 0 Å². The van der Waals surface area contributed by atoms with Gasteiger partial charge in [-0.2, -0.15) is 0 Å². The van der Waals surface area contributed by atoms with Gasteiger partial charge in [0, 0.05) is 13.2 Å². The van der Waals surface area contributed by atoms with E-state index >= 15 is 0 Å². The summed E-state index contributed by atoms with van der Waals surface area (Å²) in [6.07, 6.45) is 0.500. The van der Waals surface area contributed by atoms with Crippen molar-refractivity contribution in [3.05, 3.63) is 13.2 Å². The lowest BCUT2D eigenvalue weighted by atomic mass is 10.5. The Morgan fingerprint density at radius 1 is 1.00 bits per heavy atom. The Hall–Kier alpha value is -0.340. The fraction of sp³-hybridized carbons (Fsp3) is 0.600. The first-order chi connectivity index (χ1) is 3.41. The van der Waals surface area contributed by atoms with Gasteiger partial charge in [0.25, 0.3) is 0 Å². The van der Waals surface area contributed by atoms with Crippen LogP contribution in [0.2, 0.25) is 0 Å². The van der Waals surface area contributed by atoms with Gasteiger partial charge in [0.15, 0.2) is 0 Å². The number of aliphatic hydroxyl groups excluding tert-OH is 2. The van der Waals surface area contributed by atoms with Gasteiger partial charge in [-0.25, -0.2) is 0 Å². The molecule has 0 bridgehead atoms. The summed E-state index contributed by atoms with van der Waals surface area (Å²) in [5, 5.41) is 15.8. The summed E-state index contributed by atoms with van der Waals surface area (Å²) in [7, 11) is 0. The zero-order valence-electron chi connectivity index (χ0n) is 4.43. The topological polar surface area (TPSA) is 40.5 Å². The van der Waals surface area contributed by atoms with Gasteiger partial charge in [-0.15, -0.1) is 13.2 Å². The maximum Gasteiger partial charge on any atom is 0.0452 e. The normalized spacial score (nSPS) is 6.57. The monoisotopic (exact) mass is 104 g/mol. The molecule has 0 aliphatic heterocycles. The fourth-order valence-electron chi connectivity index (χ4n) is 0.0707. The molecule has 0 fully saturated rings. The van der Waals surface area contributed by atoms with E-state index in [1.54, 1.807) is 0 Å². The van der Waals surface area contributed by atoms with Crippen LogP contribution < -0.4 is 0 Å². The Labute approximate surface area is 44.1 Å². The number of aliphatic hydroxyl groups is 2. The Bertz CT molecular complexity index is 20.0. The second-order valence-corrected chi connectivity index (χ2v) is 0.801. The first-order valence-corrected chi connectivity index (χ1v) is 2.13. The van der Waals surface area contributed by atoms with Crippen LogP contribution in [0.1, 0.15) is 6.42 Å². The highest BCUT2D eigenvalue weighted by Gasteiger charge is 1.70. The molecule has 0 aliphatic carbocycles. The Morgan fingerprint density at radius 2 is 1.29 bits per heavy atom. The highest BCUT2D eigenvalue weighted by molar-refractivity contribution is 4.22. The number of hydrogen-bond acceptors (Lipinski definition) is 2. The van der Waals surface area contributed by atoms with Gasteiger partial charge in [-0.05, 0) is 6.42 Å². The summed E-state index contributed by atoms with van der Waals surface area (Å²) >= 11 is 0. The largest absolute Gasteiger partial charge is 0.396 e. The molecule has 0 aromatic rings. The van der Waals surface area contributed by atoms with Gasteiger partial charge < -0.3 is 10.2 Å². The van der Waals surface area contributed by atoms with Gasteiger partial charge in [0.1, 0.15) is 0 Å². The minimum atomic E-state index is 0.0938. The van der Waals surface area contributed by atoms with Crippen molar-refractivity contribution in [1.29, 1.82) is 0 Å². The van der Waals surface area contributed by atoms with E-state index in [9.17, 15) is 0 Å². The molecule has 0 rings (SSSR count). The van der Waals surface area contributed by atoms with E-state index in [4.69, 9.17) is 10.2 Å². The third-order valence-corrected chi connectivity index (χ3v) is 0.316. The molecule has 2 N–H and O–H groups in total. The second kappa shape index (κ2) is 17.4. The number of rotatable bonds is 2. The van der Waals surface area contributed by atoms with Crippen LogP contribution in [0.4, 0.5) is 0 Å². The van der Waals surface area contributed by atoms with Gasteiger partial charge in [0.05, 0.1) is 0 Å². The van der Waals surface area contributed by atoms with Crippen LogP contribution in [0, 0.1) is 0 Å². The summed E-state index contributed by atoms with van der Waals surface area (Å²) in [6, 6.07) is 0. The van der Waals surface area contributed by atoms with Crippen molar-refractivity contribution in [1.82, 2.24) is 0 Å². The third kappa shape index (κ3) is 27.5. The summed E-state index contributed by atoms with van der Waals surface area (Å²) < 4.78 is 0. The number of hydrogen-bond donors (Lipinski definition) is 2. The third-order valence-electron chi connectivity index (χ3n) is 0.316. The van der Waals surface area contributed by atoms with Crippen molar-refractivity contribution in [2.75, 3.05) is 13.2 Å². The first kappa shape index (κ1) is 9.83. The molecule has 0 unspecified atom stereocenters. The van der Waals surface area contributed by atoms with E-state index in [1.807, 2.05) is 0 Å². The van der Waals surface area contributed by atoms with Crippen molar-refractivity contribution < 1.29 is 10.2 Å². The van der Waals surface area contributed by atoms with E-state index in [1.165, 1.54) is 0 Å². The summed E-state index contributed by atoms with van der Waals surface area (Å²) in [4.78, 5) is 0. The highest BCUT2D eigenvalue weighted by atomic mass is 16.3. The van der Waals surface area contributed by atoms with Gasteiger partial charge in [-0.3, -0.25) is 0 Å². The molecular formula is C5H12O2. The predicted molar refractivity (Wildman–Crippen MR) is 30.0 cm³/mol. The van der Waals surface area contributed by atoms with Crippen LogP contribution >= 0.6 is 0 Å². The summed E-state index contributed by atoms with van der Waals surface area (Å²) in [6.45, 7) is 6.19. The molecule has 0 aromatic heterocycles. The van der Waals surface area contributed by atoms with Crippen molar-refractivity contribution in [2.45, 2.75) is 6.42 Å². The average Bonchev–Trinajstić information content (AvgIpc) is 1.75. The quantitative estimate of drug-likeness (QED) is 0.490.